The number of methoxy groups -OCH3 is 1. The predicted molar refractivity (Wildman–Crippen MR) is 90.5 cm³/mol. The molecule has 2 aromatic carbocycles. The van der Waals surface area contributed by atoms with Gasteiger partial charge >= 0.3 is 6.61 Å². The Balaban J connectivity index is 2.04. The highest BCUT2D eigenvalue weighted by Crippen LogP contribution is 2.28. The largest absolute Gasteiger partial charge is 0.493 e. The molecule has 0 unspecified atom stereocenters. The van der Waals surface area contributed by atoms with Crippen LogP contribution in [-0.4, -0.2) is 25.8 Å². The molecule has 2 rings (SSSR count). The molecule has 0 radical (unpaired) electrons. The van der Waals surface area contributed by atoms with Crippen LogP contribution in [0.1, 0.15) is 28.4 Å². The lowest BCUT2D eigenvalue weighted by Crippen LogP contribution is -2.17. The van der Waals surface area contributed by atoms with Gasteiger partial charge in [0, 0.05) is 5.56 Å². The standard InChI is InChI=1S/C18H18F2N2O3/c1-3-12-4-7-14(8-5-12)17(23)22-21-11-13-6-9-15(24-2)16(10-13)25-18(19)20/h4-11,18H,3H2,1-2H3,(H,22,23)/b21-11-. The second-order valence-electron chi connectivity index (χ2n) is 5.04. The summed E-state index contributed by atoms with van der Waals surface area (Å²) >= 11 is 0. The first-order chi connectivity index (χ1) is 12.0. The fourth-order valence-corrected chi connectivity index (χ4v) is 2.08. The van der Waals surface area contributed by atoms with Crippen LogP contribution in [0.25, 0.3) is 0 Å². The fraction of sp³-hybridized carbons (Fsp3) is 0.222. The van der Waals surface area contributed by atoms with Crippen molar-refractivity contribution in [1.29, 1.82) is 0 Å². The lowest BCUT2D eigenvalue weighted by molar-refractivity contribution is -0.0512. The number of alkyl halides is 2. The van der Waals surface area contributed by atoms with Gasteiger partial charge in [-0.25, -0.2) is 5.43 Å². The molecule has 2 aromatic rings. The highest BCUT2D eigenvalue weighted by atomic mass is 19.3. The van der Waals surface area contributed by atoms with Gasteiger partial charge in [-0.3, -0.25) is 4.79 Å². The zero-order valence-corrected chi connectivity index (χ0v) is 13.8. The molecule has 0 fully saturated rings. The van der Waals surface area contributed by atoms with E-state index in [1.165, 1.54) is 25.5 Å². The molecule has 25 heavy (non-hydrogen) atoms. The highest BCUT2D eigenvalue weighted by molar-refractivity contribution is 5.94. The summed E-state index contributed by atoms with van der Waals surface area (Å²) in [7, 11) is 1.35. The average molecular weight is 348 g/mol. The summed E-state index contributed by atoms with van der Waals surface area (Å²) < 4.78 is 34.1. The van der Waals surface area contributed by atoms with Crippen molar-refractivity contribution in [3.05, 3.63) is 59.2 Å². The van der Waals surface area contributed by atoms with Crippen molar-refractivity contribution < 1.29 is 23.0 Å². The maximum atomic E-state index is 12.4. The lowest BCUT2D eigenvalue weighted by Gasteiger charge is -2.10. The van der Waals surface area contributed by atoms with Crippen molar-refractivity contribution in [2.24, 2.45) is 5.10 Å². The Bertz CT molecular complexity index is 746. The SMILES string of the molecule is CCc1ccc(C(=O)N/N=C\c2ccc(OC)c(OC(F)F)c2)cc1. The Labute approximate surface area is 144 Å². The second-order valence-corrected chi connectivity index (χ2v) is 5.04. The summed E-state index contributed by atoms with van der Waals surface area (Å²) in [5, 5.41) is 3.83. The van der Waals surface area contributed by atoms with Crippen LogP contribution in [0.4, 0.5) is 8.78 Å². The Morgan fingerprint density at radius 1 is 1.20 bits per heavy atom. The van der Waals surface area contributed by atoms with E-state index >= 15 is 0 Å². The van der Waals surface area contributed by atoms with Crippen molar-refractivity contribution in [1.82, 2.24) is 5.43 Å². The first kappa shape index (κ1) is 18.4. The number of nitrogens with zero attached hydrogens (tertiary/aromatic N) is 1. The number of hydrazone groups is 1. The normalized spacial score (nSPS) is 10.9. The number of carbonyl (C=O) groups is 1. The van der Waals surface area contributed by atoms with Crippen molar-refractivity contribution in [3.8, 4) is 11.5 Å². The molecule has 0 aliphatic carbocycles. The molecule has 0 spiro atoms. The molecule has 0 heterocycles. The first-order valence-corrected chi connectivity index (χ1v) is 7.58. The third kappa shape index (κ3) is 5.27. The van der Waals surface area contributed by atoms with Crippen molar-refractivity contribution >= 4 is 12.1 Å². The van der Waals surface area contributed by atoms with Gasteiger partial charge in [0.1, 0.15) is 0 Å². The number of aryl methyl sites for hydroxylation is 1. The molecule has 1 N–H and O–H groups in total. The Morgan fingerprint density at radius 3 is 2.52 bits per heavy atom. The maximum Gasteiger partial charge on any atom is 0.387 e. The zero-order valence-electron chi connectivity index (χ0n) is 13.8. The van der Waals surface area contributed by atoms with E-state index in [0.29, 0.717) is 11.1 Å². The van der Waals surface area contributed by atoms with Crippen LogP contribution in [-0.2, 0) is 6.42 Å². The third-order valence-electron chi connectivity index (χ3n) is 3.41. The van der Waals surface area contributed by atoms with Gasteiger partial charge in [-0.05, 0) is 47.9 Å². The van der Waals surface area contributed by atoms with Gasteiger partial charge in [-0.1, -0.05) is 19.1 Å². The number of carbonyl (C=O) groups excluding carboxylic acids is 1. The Morgan fingerprint density at radius 2 is 1.92 bits per heavy atom. The van der Waals surface area contributed by atoms with E-state index in [1.807, 2.05) is 19.1 Å². The minimum absolute atomic E-state index is 0.108. The van der Waals surface area contributed by atoms with Gasteiger partial charge in [0.05, 0.1) is 13.3 Å². The smallest absolute Gasteiger partial charge is 0.387 e. The topological polar surface area (TPSA) is 59.9 Å². The van der Waals surface area contributed by atoms with E-state index in [-0.39, 0.29) is 17.4 Å². The molecule has 0 saturated heterocycles. The number of amides is 1. The van der Waals surface area contributed by atoms with E-state index in [4.69, 9.17) is 4.74 Å². The molecular weight excluding hydrogens is 330 g/mol. The summed E-state index contributed by atoms with van der Waals surface area (Å²) in [6.45, 7) is -0.938. The van der Waals surface area contributed by atoms with E-state index in [1.54, 1.807) is 18.2 Å². The minimum Gasteiger partial charge on any atom is -0.493 e. The summed E-state index contributed by atoms with van der Waals surface area (Å²) in [6, 6.07) is 11.6. The molecule has 0 aliphatic rings. The van der Waals surface area contributed by atoms with Gasteiger partial charge in [-0.15, -0.1) is 0 Å². The van der Waals surface area contributed by atoms with Crippen molar-refractivity contribution in [3.63, 3.8) is 0 Å². The van der Waals surface area contributed by atoms with E-state index < -0.39 is 6.61 Å². The van der Waals surface area contributed by atoms with Gasteiger partial charge in [0.25, 0.3) is 5.91 Å². The van der Waals surface area contributed by atoms with Gasteiger partial charge in [0.15, 0.2) is 11.5 Å². The molecule has 5 nitrogen and oxygen atoms in total. The number of ether oxygens (including phenoxy) is 2. The summed E-state index contributed by atoms with van der Waals surface area (Å²) in [6.07, 6.45) is 2.22. The predicted octanol–water partition coefficient (Wildman–Crippen LogP) is 3.62. The number of halogens is 2. The average Bonchev–Trinajstić information content (AvgIpc) is 2.61. The molecule has 1 amide bonds. The third-order valence-corrected chi connectivity index (χ3v) is 3.41. The number of nitrogens with one attached hydrogen (secondary N) is 1. The van der Waals surface area contributed by atoms with Gasteiger partial charge in [-0.2, -0.15) is 13.9 Å². The van der Waals surface area contributed by atoms with Crippen LogP contribution in [0.15, 0.2) is 47.6 Å². The molecule has 132 valence electrons. The second kappa shape index (κ2) is 8.77. The van der Waals surface area contributed by atoms with Crippen molar-refractivity contribution in [2.75, 3.05) is 7.11 Å². The quantitative estimate of drug-likeness (QED) is 0.614. The van der Waals surface area contributed by atoms with Crippen LogP contribution in [0.2, 0.25) is 0 Å². The molecule has 0 atom stereocenters. The van der Waals surface area contributed by atoms with Crippen LogP contribution in [0.3, 0.4) is 0 Å². The molecular formula is C18H18F2N2O3. The molecule has 0 aromatic heterocycles. The Kier molecular flexibility index (Phi) is 6.45. The number of hydrogen-bond donors (Lipinski definition) is 1. The summed E-state index contributed by atoms with van der Waals surface area (Å²) in [5.74, 6) is -0.295. The minimum atomic E-state index is -2.97. The van der Waals surface area contributed by atoms with Gasteiger partial charge in [0.2, 0.25) is 0 Å². The van der Waals surface area contributed by atoms with Crippen LogP contribution < -0.4 is 14.9 Å². The maximum absolute atomic E-state index is 12.4. The molecule has 7 heteroatoms. The van der Waals surface area contributed by atoms with Crippen molar-refractivity contribution in [2.45, 2.75) is 20.0 Å². The van der Waals surface area contributed by atoms with E-state index in [9.17, 15) is 13.6 Å². The molecule has 0 bridgehead atoms. The zero-order chi connectivity index (χ0) is 18.2. The highest BCUT2D eigenvalue weighted by Gasteiger charge is 2.11. The van der Waals surface area contributed by atoms with Gasteiger partial charge < -0.3 is 9.47 Å². The number of hydrogen-bond acceptors (Lipinski definition) is 4. The lowest BCUT2D eigenvalue weighted by atomic mass is 10.1. The molecule has 0 saturated carbocycles. The summed E-state index contributed by atoms with van der Waals surface area (Å²) in [5.41, 5.74) is 4.46. The monoisotopic (exact) mass is 348 g/mol. The summed E-state index contributed by atoms with van der Waals surface area (Å²) in [4.78, 5) is 12.0. The fourth-order valence-electron chi connectivity index (χ4n) is 2.08. The number of rotatable bonds is 7. The first-order valence-electron chi connectivity index (χ1n) is 7.58. The van der Waals surface area contributed by atoms with Crippen LogP contribution in [0.5, 0.6) is 11.5 Å². The molecule has 0 aliphatic heterocycles. The van der Waals surface area contributed by atoms with Crippen LogP contribution >= 0.6 is 0 Å². The van der Waals surface area contributed by atoms with Crippen LogP contribution in [0, 0.1) is 0 Å². The van der Waals surface area contributed by atoms with E-state index in [0.717, 1.165) is 12.0 Å². The Hall–Kier alpha value is -2.96. The van der Waals surface area contributed by atoms with E-state index in [2.05, 4.69) is 15.3 Å². The number of benzene rings is 2.